The summed E-state index contributed by atoms with van der Waals surface area (Å²) in [4.78, 5) is 10.6. The first-order valence-corrected chi connectivity index (χ1v) is 5.87. The molecule has 2 rings (SSSR count). The Labute approximate surface area is 114 Å². The van der Waals surface area contributed by atoms with Crippen molar-refractivity contribution in [3.8, 4) is 11.5 Å². The lowest BCUT2D eigenvalue weighted by Gasteiger charge is -2.04. The van der Waals surface area contributed by atoms with E-state index in [2.05, 4.69) is 10.2 Å². The Morgan fingerprint density at radius 3 is 2.74 bits per heavy atom. The van der Waals surface area contributed by atoms with Gasteiger partial charge in [0, 0.05) is 10.6 Å². The van der Waals surface area contributed by atoms with Crippen LogP contribution in [0.3, 0.4) is 0 Å². The first-order chi connectivity index (χ1) is 9.06. The van der Waals surface area contributed by atoms with Crippen molar-refractivity contribution < 1.29 is 19.1 Å². The minimum absolute atomic E-state index is 0.0476. The summed E-state index contributed by atoms with van der Waals surface area (Å²) >= 11 is 5.78. The van der Waals surface area contributed by atoms with Crippen molar-refractivity contribution in [3.05, 3.63) is 35.2 Å². The van der Waals surface area contributed by atoms with E-state index in [4.69, 9.17) is 25.9 Å². The van der Waals surface area contributed by atoms with Gasteiger partial charge in [0.15, 0.2) is 6.10 Å². The summed E-state index contributed by atoms with van der Waals surface area (Å²) in [6, 6.07) is 6.92. The fraction of sp³-hybridized carbons (Fsp3) is 0.250. The van der Waals surface area contributed by atoms with Crippen LogP contribution in [0.5, 0.6) is 0 Å². The molecule has 1 heterocycles. The highest BCUT2D eigenvalue weighted by Crippen LogP contribution is 2.20. The Bertz CT molecular complexity index is 567. The molecule has 0 saturated heterocycles. The Hall–Kier alpha value is -1.92. The van der Waals surface area contributed by atoms with Crippen molar-refractivity contribution in [1.29, 1.82) is 0 Å². The fourth-order valence-corrected chi connectivity index (χ4v) is 1.41. The molecule has 1 N–H and O–H groups in total. The molecule has 1 aromatic heterocycles. The van der Waals surface area contributed by atoms with E-state index >= 15 is 0 Å². The third-order valence-corrected chi connectivity index (χ3v) is 2.61. The van der Waals surface area contributed by atoms with Gasteiger partial charge in [-0.15, -0.1) is 10.2 Å². The first-order valence-electron chi connectivity index (χ1n) is 5.49. The molecule has 0 aliphatic heterocycles. The number of hydrogen-bond donors (Lipinski definition) is 1. The van der Waals surface area contributed by atoms with Crippen LogP contribution in [0.4, 0.5) is 0 Å². The monoisotopic (exact) mass is 282 g/mol. The molecule has 0 spiro atoms. The molecule has 2 aromatic rings. The van der Waals surface area contributed by atoms with E-state index in [1.807, 2.05) is 0 Å². The molecular weight excluding hydrogens is 272 g/mol. The van der Waals surface area contributed by atoms with Crippen molar-refractivity contribution in [2.24, 2.45) is 0 Å². The van der Waals surface area contributed by atoms with E-state index in [-0.39, 0.29) is 12.5 Å². The molecule has 100 valence electrons. The Balaban J connectivity index is 2.03. The van der Waals surface area contributed by atoms with Crippen molar-refractivity contribution in [1.82, 2.24) is 10.2 Å². The summed E-state index contributed by atoms with van der Waals surface area (Å²) in [5.41, 5.74) is 0.731. The van der Waals surface area contributed by atoms with Crippen molar-refractivity contribution in [2.75, 3.05) is 0 Å². The van der Waals surface area contributed by atoms with E-state index in [0.29, 0.717) is 10.9 Å². The average Bonchev–Trinajstić information content (AvgIpc) is 2.85. The highest BCUT2D eigenvalue weighted by Gasteiger charge is 2.14. The Kier molecular flexibility index (Phi) is 4.13. The Morgan fingerprint density at radius 1 is 1.42 bits per heavy atom. The van der Waals surface area contributed by atoms with E-state index in [9.17, 15) is 4.79 Å². The normalized spacial score (nSPS) is 12.3. The predicted octanol–water partition coefficient (Wildman–Crippen LogP) is 2.38. The number of hydrogen-bond acceptors (Lipinski definition) is 5. The summed E-state index contributed by atoms with van der Waals surface area (Å²) < 4.78 is 10.4. The average molecular weight is 283 g/mol. The quantitative estimate of drug-likeness (QED) is 0.906. The second kappa shape index (κ2) is 5.81. The zero-order valence-corrected chi connectivity index (χ0v) is 10.8. The third-order valence-electron chi connectivity index (χ3n) is 2.36. The van der Waals surface area contributed by atoms with Gasteiger partial charge >= 0.3 is 5.97 Å². The van der Waals surface area contributed by atoms with Gasteiger partial charge in [0.05, 0.1) is 0 Å². The van der Waals surface area contributed by atoms with Crippen LogP contribution < -0.4 is 0 Å². The molecule has 0 saturated carbocycles. The van der Waals surface area contributed by atoms with Gasteiger partial charge in [-0.2, -0.15) is 0 Å². The van der Waals surface area contributed by atoms with Crippen molar-refractivity contribution >= 4 is 17.6 Å². The van der Waals surface area contributed by atoms with E-state index in [1.54, 1.807) is 24.3 Å². The largest absolute Gasteiger partial charge is 0.479 e. The molecule has 0 unspecified atom stereocenters. The summed E-state index contributed by atoms with van der Waals surface area (Å²) in [6.07, 6.45) is -0.925. The molecule has 0 aliphatic rings. The van der Waals surface area contributed by atoms with Gasteiger partial charge in [-0.3, -0.25) is 0 Å². The number of benzene rings is 1. The third kappa shape index (κ3) is 3.52. The zero-order valence-electron chi connectivity index (χ0n) is 10.0. The number of halogens is 1. The highest BCUT2D eigenvalue weighted by atomic mass is 35.5. The lowest BCUT2D eigenvalue weighted by atomic mass is 10.2. The molecule has 0 radical (unpaired) electrons. The molecule has 0 amide bonds. The molecule has 0 fully saturated rings. The number of aliphatic carboxylic acids is 1. The number of ether oxygens (including phenoxy) is 1. The molecular formula is C12H11ClN2O4. The number of carboxylic acid groups (broad SMARTS) is 1. The van der Waals surface area contributed by atoms with E-state index in [1.165, 1.54) is 6.92 Å². The number of nitrogens with zero attached hydrogens (tertiary/aromatic N) is 2. The number of carboxylic acids is 1. The number of aromatic nitrogens is 2. The minimum Gasteiger partial charge on any atom is -0.479 e. The molecule has 1 atom stereocenters. The van der Waals surface area contributed by atoms with Crippen LogP contribution in [0.1, 0.15) is 12.8 Å². The van der Waals surface area contributed by atoms with Gasteiger partial charge < -0.3 is 14.3 Å². The summed E-state index contributed by atoms with van der Waals surface area (Å²) in [5, 5.41) is 16.9. The smallest absolute Gasteiger partial charge is 0.332 e. The molecule has 0 bridgehead atoms. The minimum atomic E-state index is -1.04. The molecule has 1 aromatic carbocycles. The van der Waals surface area contributed by atoms with Crippen LogP contribution in [0.25, 0.3) is 11.5 Å². The topological polar surface area (TPSA) is 85.5 Å². The van der Waals surface area contributed by atoms with Crippen LogP contribution in [-0.2, 0) is 16.1 Å². The second-order valence-corrected chi connectivity index (χ2v) is 4.24. The van der Waals surface area contributed by atoms with Crippen LogP contribution in [0, 0.1) is 0 Å². The Morgan fingerprint density at radius 2 is 2.11 bits per heavy atom. The predicted molar refractivity (Wildman–Crippen MR) is 66.6 cm³/mol. The summed E-state index contributed by atoms with van der Waals surface area (Å²) in [5.74, 6) is -0.492. The van der Waals surface area contributed by atoms with Crippen molar-refractivity contribution in [2.45, 2.75) is 19.6 Å². The number of carbonyl (C=O) groups is 1. The number of rotatable bonds is 5. The maximum absolute atomic E-state index is 10.6. The van der Waals surface area contributed by atoms with Gasteiger partial charge in [0.25, 0.3) is 0 Å². The molecule has 7 heteroatoms. The molecule has 0 aliphatic carbocycles. The van der Waals surface area contributed by atoms with E-state index in [0.717, 1.165) is 5.56 Å². The molecule has 19 heavy (non-hydrogen) atoms. The zero-order chi connectivity index (χ0) is 13.8. The first kappa shape index (κ1) is 13.5. The SMILES string of the molecule is C[C@@H](OCc1nnc(-c2ccc(Cl)cc2)o1)C(=O)O. The summed E-state index contributed by atoms with van der Waals surface area (Å²) in [7, 11) is 0. The maximum atomic E-state index is 10.6. The van der Waals surface area contributed by atoms with Gasteiger partial charge in [0.2, 0.25) is 11.8 Å². The standard InChI is InChI=1S/C12H11ClN2O4/c1-7(12(16)17)18-6-10-14-15-11(19-10)8-2-4-9(13)5-3-8/h2-5,7H,6H2,1H3,(H,16,17)/t7-/m1/s1. The fourth-order valence-electron chi connectivity index (χ4n) is 1.29. The summed E-state index contributed by atoms with van der Waals surface area (Å²) in [6.45, 7) is 1.38. The maximum Gasteiger partial charge on any atom is 0.332 e. The van der Waals surface area contributed by atoms with Crippen LogP contribution in [0.15, 0.2) is 28.7 Å². The van der Waals surface area contributed by atoms with Gasteiger partial charge in [-0.25, -0.2) is 4.79 Å². The van der Waals surface area contributed by atoms with Crippen LogP contribution in [-0.4, -0.2) is 27.4 Å². The van der Waals surface area contributed by atoms with Crippen LogP contribution in [0.2, 0.25) is 5.02 Å². The van der Waals surface area contributed by atoms with Crippen LogP contribution >= 0.6 is 11.6 Å². The molecule has 6 nitrogen and oxygen atoms in total. The highest BCUT2D eigenvalue weighted by molar-refractivity contribution is 6.30. The lowest BCUT2D eigenvalue weighted by Crippen LogP contribution is -2.19. The van der Waals surface area contributed by atoms with E-state index < -0.39 is 12.1 Å². The van der Waals surface area contributed by atoms with Gasteiger partial charge in [-0.1, -0.05) is 11.6 Å². The van der Waals surface area contributed by atoms with Gasteiger partial charge in [-0.05, 0) is 31.2 Å². The van der Waals surface area contributed by atoms with Crippen molar-refractivity contribution in [3.63, 3.8) is 0 Å². The van der Waals surface area contributed by atoms with Gasteiger partial charge in [0.1, 0.15) is 6.61 Å². The lowest BCUT2D eigenvalue weighted by molar-refractivity contribution is -0.150. The second-order valence-electron chi connectivity index (χ2n) is 3.80.